The van der Waals surface area contributed by atoms with Gasteiger partial charge in [-0.2, -0.15) is 13.2 Å². The van der Waals surface area contributed by atoms with E-state index < -0.39 is 11.7 Å². The van der Waals surface area contributed by atoms with Crippen LogP contribution in [0.25, 0.3) is 0 Å². The Morgan fingerprint density at radius 3 is 2.59 bits per heavy atom. The summed E-state index contributed by atoms with van der Waals surface area (Å²) in [5.41, 5.74) is 5.92. The van der Waals surface area contributed by atoms with Gasteiger partial charge in [-0.25, -0.2) is 4.98 Å². The summed E-state index contributed by atoms with van der Waals surface area (Å²) in [6.07, 6.45) is -0.524. The molecule has 1 aliphatic carbocycles. The Morgan fingerprint density at radius 2 is 1.95 bits per heavy atom. The summed E-state index contributed by atoms with van der Waals surface area (Å²) in [5, 5.41) is 0. The number of nitrogen functional groups attached to an aromatic ring is 1. The second-order valence-electron chi connectivity index (χ2n) is 7.97. The smallest absolute Gasteiger partial charge is 0.382 e. The zero-order valence-electron chi connectivity index (χ0n) is 13.2. The van der Waals surface area contributed by atoms with Crippen LogP contribution < -0.4 is 10.6 Å². The lowest BCUT2D eigenvalue weighted by atomic mass is 9.65. The van der Waals surface area contributed by atoms with Crippen LogP contribution in [0.5, 0.6) is 0 Å². The molecular weight excluding hydrogens is 291 g/mol. The highest BCUT2D eigenvalue weighted by molar-refractivity contribution is 5.66. The third-order valence-corrected chi connectivity index (χ3v) is 4.95. The van der Waals surface area contributed by atoms with Crippen LogP contribution in [-0.4, -0.2) is 17.6 Å². The van der Waals surface area contributed by atoms with E-state index in [1.54, 1.807) is 0 Å². The van der Waals surface area contributed by atoms with Crippen LogP contribution >= 0.6 is 0 Å². The number of hydrogen-bond acceptors (Lipinski definition) is 3. The Labute approximate surface area is 128 Å². The van der Waals surface area contributed by atoms with Gasteiger partial charge in [0, 0.05) is 18.8 Å². The normalized spacial score (nSPS) is 30.6. The van der Waals surface area contributed by atoms with Crippen LogP contribution in [0.4, 0.5) is 24.7 Å². The predicted octanol–water partition coefficient (Wildman–Crippen LogP) is 4.09. The first-order valence-electron chi connectivity index (χ1n) is 7.59. The van der Waals surface area contributed by atoms with Crippen LogP contribution in [-0.2, 0) is 6.18 Å². The molecule has 2 unspecified atom stereocenters. The van der Waals surface area contributed by atoms with Crippen LogP contribution in [0.2, 0.25) is 0 Å². The first-order valence-corrected chi connectivity index (χ1v) is 7.59. The molecule has 2 atom stereocenters. The number of nitrogens with zero attached hydrogens (tertiary/aromatic N) is 2. The van der Waals surface area contributed by atoms with Crippen molar-refractivity contribution in [2.45, 2.75) is 52.3 Å². The molecule has 2 fully saturated rings. The van der Waals surface area contributed by atoms with E-state index in [0.717, 1.165) is 38.1 Å². The van der Waals surface area contributed by atoms with Gasteiger partial charge in [0.2, 0.25) is 0 Å². The average Bonchev–Trinajstić information content (AvgIpc) is 2.57. The van der Waals surface area contributed by atoms with E-state index in [0.29, 0.717) is 5.69 Å². The molecule has 22 heavy (non-hydrogen) atoms. The standard InChI is InChI=1S/C16H22F3N3/c1-14(2)5-11-6-15(3,8-14)9-22(11)12-4-10(16(17,18)19)7-21-13(12)20/h4,7,11H,5-6,8-9H2,1-3H3,(H2,20,21). The monoisotopic (exact) mass is 313 g/mol. The van der Waals surface area contributed by atoms with E-state index in [2.05, 4.69) is 25.8 Å². The number of pyridine rings is 1. The molecule has 6 heteroatoms. The lowest BCUT2D eigenvalue weighted by Gasteiger charge is -2.39. The molecule has 2 N–H and O–H groups in total. The van der Waals surface area contributed by atoms with Gasteiger partial charge >= 0.3 is 6.18 Å². The second kappa shape index (κ2) is 4.52. The van der Waals surface area contributed by atoms with E-state index in [1.165, 1.54) is 0 Å². The summed E-state index contributed by atoms with van der Waals surface area (Å²) in [6, 6.07) is 1.39. The molecule has 122 valence electrons. The SMILES string of the molecule is CC1(C)CC2CC(C)(CN2c2cc(C(F)(F)F)cnc2N)C1. The molecule has 0 spiro atoms. The largest absolute Gasteiger partial charge is 0.417 e. The highest BCUT2D eigenvalue weighted by Gasteiger charge is 2.50. The molecule has 0 aromatic carbocycles. The maximum absolute atomic E-state index is 13.0. The van der Waals surface area contributed by atoms with Crippen molar-refractivity contribution in [1.29, 1.82) is 0 Å². The molecule has 3 rings (SSSR count). The van der Waals surface area contributed by atoms with E-state index in [9.17, 15) is 13.2 Å². The van der Waals surface area contributed by atoms with Crippen molar-refractivity contribution in [3.63, 3.8) is 0 Å². The number of nitrogens with two attached hydrogens (primary N) is 1. The summed E-state index contributed by atoms with van der Waals surface area (Å²) >= 11 is 0. The van der Waals surface area contributed by atoms with Crippen molar-refractivity contribution in [1.82, 2.24) is 4.98 Å². The number of aromatic nitrogens is 1. The highest BCUT2D eigenvalue weighted by atomic mass is 19.4. The number of halogens is 3. The van der Waals surface area contributed by atoms with Crippen molar-refractivity contribution < 1.29 is 13.2 Å². The Morgan fingerprint density at radius 1 is 1.27 bits per heavy atom. The lowest BCUT2D eigenvalue weighted by molar-refractivity contribution is -0.137. The van der Waals surface area contributed by atoms with Gasteiger partial charge < -0.3 is 10.6 Å². The Balaban J connectivity index is 1.99. The second-order valence-corrected chi connectivity index (χ2v) is 7.97. The predicted molar refractivity (Wildman–Crippen MR) is 80.5 cm³/mol. The lowest BCUT2D eigenvalue weighted by Crippen LogP contribution is -2.35. The quantitative estimate of drug-likeness (QED) is 0.849. The van der Waals surface area contributed by atoms with Gasteiger partial charge in [-0.3, -0.25) is 0 Å². The molecule has 2 aliphatic rings. The first-order chi connectivity index (χ1) is 9.99. The Bertz CT molecular complexity index is 597. The molecule has 0 amide bonds. The zero-order valence-corrected chi connectivity index (χ0v) is 13.2. The van der Waals surface area contributed by atoms with Crippen molar-refractivity contribution in [2.75, 3.05) is 17.2 Å². The maximum atomic E-state index is 13.0. The van der Waals surface area contributed by atoms with Crippen molar-refractivity contribution >= 4 is 11.5 Å². The van der Waals surface area contributed by atoms with Gasteiger partial charge in [0.1, 0.15) is 5.82 Å². The Hall–Kier alpha value is -1.46. The topological polar surface area (TPSA) is 42.2 Å². The van der Waals surface area contributed by atoms with Gasteiger partial charge in [-0.05, 0) is 36.2 Å². The summed E-state index contributed by atoms with van der Waals surface area (Å²) < 4.78 is 38.9. The fourth-order valence-electron chi connectivity index (χ4n) is 4.59. The first kappa shape index (κ1) is 15.4. The van der Waals surface area contributed by atoms with Crippen LogP contribution in [0.15, 0.2) is 12.3 Å². The van der Waals surface area contributed by atoms with Crippen LogP contribution in [0, 0.1) is 10.8 Å². The molecular formula is C16H22F3N3. The van der Waals surface area contributed by atoms with Gasteiger partial charge in [0.05, 0.1) is 11.3 Å². The minimum atomic E-state index is -4.40. The van der Waals surface area contributed by atoms with E-state index in [1.807, 2.05) is 4.90 Å². The van der Waals surface area contributed by atoms with Crippen LogP contribution in [0.1, 0.15) is 45.6 Å². The zero-order chi connectivity index (χ0) is 16.3. The number of fused-ring (bicyclic) bond motifs is 2. The molecule has 1 aliphatic heterocycles. The van der Waals surface area contributed by atoms with Gasteiger partial charge in [0.15, 0.2) is 0 Å². The minimum absolute atomic E-state index is 0.132. The van der Waals surface area contributed by atoms with Crippen molar-refractivity contribution in [2.24, 2.45) is 10.8 Å². The summed E-state index contributed by atoms with van der Waals surface area (Å²) in [7, 11) is 0. The summed E-state index contributed by atoms with van der Waals surface area (Å²) in [6.45, 7) is 7.43. The van der Waals surface area contributed by atoms with Crippen molar-refractivity contribution in [3.8, 4) is 0 Å². The van der Waals surface area contributed by atoms with Crippen LogP contribution in [0.3, 0.4) is 0 Å². The highest BCUT2D eigenvalue weighted by Crippen LogP contribution is 2.54. The Kier molecular flexibility index (Phi) is 3.17. The van der Waals surface area contributed by atoms with E-state index >= 15 is 0 Å². The summed E-state index contributed by atoms with van der Waals surface area (Å²) in [4.78, 5) is 5.83. The number of hydrogen-bond donors (Lipinski definition) is 1. The molecule has 3 nitrogen and oxygen atoms in total. The number of alkyl halides is 3. The maximum Gasteiger partial charge on any atom is 0.417 e. The molecule has 1 saturated carbocycles. The minimum Gasteiger partial charge on any atom is -0.382 e. The molecule has 2 heterocycles. The molecule has 1 saturated heterocycles. The third-order valence-electron chi connectivity index (χ3n) is 4.95. The molecule has 0 radical (unpaired) electrons. The van der Waals surface area contributed by atoms with Crippen molar-refractivity contribution in [3.05, 3.63) is 17.8 Å². The van der Waals surface area contributed by atoms with E-state index in [-0.39, 0.29) is 22.7 Å². The average molecular weight is 313 g/mol. The molecule has 2 bridgehead atoms. The third kappa shape index (κ3) is 2.63. The van der Waals surface area contributed by atoms with Gasteiger partial charge in [0.25, 0.3) is 0 Å². The van der Waals surface area contributed by atoms with Gasteiger partial charge in [-0.15, -0.1) is 0 Å². The van der Waals surface area contributed by atoms with E-state index in [4.69, 9.17) is 5.73 Å². The fourth-order valence-corrected chi connectivity index (χ4v) is 4.59. The summed E-state index contributed by atoms with van der Waals surface area (Å²) in [5.74, 6) is 0.182. The van der Waals surface area contributed by atoms with Gasteiger partial charge in [-0.1, -0.05) is 20.8 Å². The number of anilines is 2. The molecule has 1 aromatic rings. The number of rotatable bonds is 1. The fraction of sp³-hybridized carbons (Fsp3) is 0.688. The molecule has 1 aromatic heterocycles.